The quantitative estimate of drug-likeness (QED) is 0.364. The molecular weight excluding hydrogens is 504 g/mol. The molecule has 2 aliphatic carbocycles. The molecular formula is C30H42N8O2. The number of carbonyl (C=O) groups excluding carboxylic acids is 1. The van der Waals surface area contributed by atoms with Crippen molar-refractivity contribution in [3.63, 3.8) is 0 Å². The van der Waals surface area contributed by atoms with Crippen LogP contribution in [0.1, 0.15) is 75.8 Å². The second-order valence-electron chi connectivity index (χ2n) is 11.7. The summed E-state index contributed by atoms with van der Waals surface area (Å²) in [4.78, 5) is 29.3. The molecule has 1 saturated heterocycles. The number of imidazole rings is 1. The van der Waals surface area contributed by atoms with E-state index in [1.54, 1.807) is 0 Å². The normalized spacial score (nSPS) is 22.6. The Bertz CT molecular complexity index is 1260. The Morgan fingerprint density at radius 1 is 0.925 bits per heavy atom. The highest BCUT2D eigenvalue weighted by molar-refractivity contribution is 5.84. The van der Waals surface area contributed by atoms with E-state index in [-0.39, 0.29) is 18.6 Å². The Kier molecular flexibility index (Phi) is 8.43. The van der Waals surface area contributed by atoms with Crippen LogP contribution in [-0.2, 0) is 16.1 Å². The maximum atomic E-state index is 12.7. The van der Waals surface area contributed by atoms with E-state index in [9.17, 15) is 4.79 Å². The first-order valence-electron chi connectivity index (χ1n) is 15.0. The lowest BCUT2D eigenvalue weighted by Crippen LogP contribution is -2.44. The molecule has 2 saturated carbocycles. The maximum absolute atomic E-state index is 12.7. The molecule has 3 aliphatic rings. The fraction of sp³-hybridized carbons (Fsp3) is 0.600. The van der Waals surface area contributed by atoms with Crippen LogP contribution in [0.4, 0.5) is 11.8 Å². The molecule has 2 aromatic heterocycles. The van der Waals surface area contributed by atoms with Gasteiger partial charge in [-0.05, 0) is 56.9 Å². The lowest BCUT2D eigenvalue weighted by Gasteiger charge is -2.32. The molecule has 40 heavy (non-hydrogen) atoms. The van der Waals surface area contributed by atoms with Gasteiger partial charge in [0.1, 0.15) is 6.61 Å². The molecule has 1 aliphatic heterocycles. The van der Waals surface area contributed by atoms with E-state index in [2.05, 4.69) is 15.2 Å². The van der Waals surface area contributed by atoms with Gasteiger partial charge < -0.3 is 30.6 Å². The number of nitrogens with zero attached hydrogens (tertiary/aromatic N) is 5. The van der Waals surface area contributed by atoms with Gasteiger partial charge in [-0.1, -0.05) is 43.2 Å². The smallest absolute Gasteiger partial charge is 0.248 e. The summed E-state index contributed by atoms with van der Waals surface area (Å²) in [6.45, 7) is 1.96. The molecule has 10 nitrogen and oxygen atoms in total. The van der Waals surface area contributed by atoms with Crippen LogP contribution in [0.2, 0.25) is 0 Å². The van der Waals surface area contributed by atoms with Crippen molar-refractivity contribution in [3.8, 4) is 0 Å². The first-order chi connectivity index (χ1) is 19.6. The van der Waals surface area contributed by atoms with Crippen molar-refractivity contribution >= 4 is 28.8 Å². The summed E-state index contributed by atoms with van der Waals surface area (Å²) < 4.78 is 7.94. The number of likely N-dealkylation sites (tertiary alicyclic amines) is 1. The average Bonchev–Trinajstić information content (AvgIpc) is 3.66. The number of nitrogens with two attached hydrogens (primary N) is 1. The Hall–Kier alpha value is -3.24. The number of amides is 1. The van der Waals surface area contributed by atoms with Crippen LogP contribution in [0.3, 0.4) is 0 Å². The number of hydrogen-bond donors (Lipinski definition) is 3. The predicted octanol–water partition coefficient (Wildman–Crippen LogP) is 4.24. The molecule has 0 radical (unpaired) electrons. The standard InChI is InChI=1S/C30H42N8O2/c31-22-10-12-23(13-11-22)34-30-35-28(27-29(36-30)38(20-32-27)25-8-4-5-9-25)33-24-14-16-37(17-15-24)26(39)19-40-18-21-6-2-1-3-7-21/h1-3,6-7,20,22-25H,4-5,8-19,31H2,(H2,33,34,35,36)/t22-,23-. The largest absolute Gasteiger partial charge is 0.367 e. The number of anilines is 2. The summed E-state index contributed by atoms with van der Waals surface area (Å²) in [5, 5.41) is 7.29. The third-order valence-corrected chi connectivity index (χ3v) is 8.77. The number of rotatable bonds is 9. The second kappa shape index (κ2) is 12.5. The zero-order valence-electron chi connectivity index (χ0n) is 23.3. The summed E-state index contributed by atoms with van der Waals surface area (Å²) in [7, 11) is 0. The van der Waals surface area contributed by atoms with Crippen molar-refractivity contribution in [2.75, 3.05) is 30.3 Å². The Morgan fingerprint density at radius 3 is 2.40 bits per heavy atom. The minimum absolute atomic E-state index is 0.0489. The van der Waals surface area contributed by atoms with Gasteiger partial charge >= 0.3 is 0 Å². The zero-order chi connectivity index (χ0) is 27.3. The molecule has 0 spiro atoms. The lowest BCUT2D eigenvalue weighted by atomic mass is 9.92. The lowest BCUT2D eigenvalue weighted by molar-refractivity contribution is -0.137. The third-order valence-electron chi connectivity index (χ3n) is 8.77. The van der Waals surface area contributed by atoms with Gasteiger partial charge in [0.15, 0.2) is 17.0 Å². The second-order valence-corrected chi connectivity index (χ2v) is 11.7. The molecule has 0 unspecified atom stereocenters. The molecule has 1 amide bonds. The van der Waals surface area contributed by atoms with E-state index in [0.717, 1.165) is 61.1 Å². The van der Waals surface area contributed by atoms with Crippen LogP contribution in [0.5, 0.6) is 0 Å². The molecule has 0 atom stereocenters. The Balaban J connectivity index is 1.10. The summed E-state index contributed by atoms with van der Waals surface area (Å²) in [6.07, 6.45) is 12.6. The highest BCUT2D eigenvalue weighted by Gasteiger charge is 2.27. The zero-order valence-corrected chi connectivity index (χ0v) is 23.3. The van der Waals surface area contributed by atoms with Gasteiger partial charge in [-0.3, -0.25) is 4.79 Å². The van der Waals surface area contributed by atoms with Crippen LogP contribution in [0, 0.1) is 0 Å². The number of ether oxygens (including phenoxy) is 1. The van der Waals surface area contributed by atoms with Gasteiger partial charge in [0, 0.05) is 37.3 Å². The molecule has 3 aromatic rings. The fourth-order valence-corrected chi connectivity index (χ4v) is 6.37. The number of carbonyl (C=O) groups is 1. The van der Waals surface area contributed by atoms with E-state index in [4.69, 9.17) is 25.4 Å². The van der Waals surface area contributed by atoms with Crippen molar-refractivity contribution in [2.24, 2.45) is 5.73 Å². The number of hydrogen-bond acceptors (Lipinski definition) is 8. The molecule has 6 rings (SSSR count). The van der Waals surface area contributed by atoms with Gasteiger partial charge in [-0.25, -0.2) is 4.98 Å². The van der Waals surface area contributed by atoms with Crippen LogP contribution in [0.25, 0.3) is 11.2 Å². The number of aromatic nitrogens is 4. The van der Waals surface area contributed by atoms with Crippen molar-refractivity contribution in [1.82, 2.24) is 24.4 Å². The monoisotopic (exact) mass is 546 g/mol. The Labute approximate surface area is 236 Å². The number of fused-ring (bicyclic) bond motifs is 1. The summed E-state index contributed by atoms with van der Waals surface area (Å²) >= 11 is 0. The van der Waals surface area contributed by atoms with Crippen LogP contribution in [0.15, 0.2) is 36.7 Å². The Morgan fingerprint density at radius 2 is 1.65 bits per heavy atom. The molecule has 3 fully saturated rings. The minimum atomic E-state index is 0.0489. The highest BCUT2D eigenvalue weighted by atomic mass is 16.5. The topological polar surface area (TPSA) is 123 Å². The van der Waals surface area contributed by atoms with Gasteiger partial charge in [-0.15, -0.1) is 0 Å². The van der Waals surface area contributed by atoms with Gasteiger partial charge in [-0.2, -0.15) is 9.97 Å². The van der Waals surface area contributed by atoms with Crippen molar-refractivity contribution in [2.45, 2.75) is 95.0 Å². The van der Waals surface area contributed by atoms with Gasteiger partial charge in [0.25, 0.3) is 0 Å². The molecule has 3 heterocycles. The number of piperidine rings is 1. The van der Waals surface area contributed by atoms with Gasteiger partial charge in [0.2, 0.25) is 11.9 Å². The van der Waals surface area contributed by atoms with E-state index in [1.165, 1.54) is 25.7 Å². The summed E-state index contributed by atoms with van der Waals surface area (Å²) in [5.41, 5.74) is 8.94. The van der Waals surface area contributed by atoms with Crippen molar-refractivity contribution in [1.29, 1.82) is 0 Å². The van der Waals surface area contributed by atoms with E-state index in [0.29, 0.717) is 43.8 Å². The van der Waals surface area contributed by atoms with Crippen molar-refractivity contribution < 1.29 is 9.53 Å². The first-order valence-corrected chi connectivity index (χ1v) is 15.0. The first kappa shape index (κ1) is 27.0. The van der Waals surface area contributed by atoms with E-state index in [1.807, 2.05) is 41.6 Å². The average molecular weight is 547 g/mol. The van der Waals surface area contributed by atoms with E-state index < -0.39 is 0 Å². The molecule has 0 bridgehead atoms. The summed E-state index contributed by atoms with van der Waals surface area (Å²) in [6, 6.07) is 11.3. The minimum Gasteiger partial charge on any atom is -0.367 e. The highest BCUT2D eigenvalue weighted by Crippen LogP contribution is 2.34. The van der Waals surface area contributed by atoms with Crippen LogP contribution < -0.4 is 16.4 Å². The SMILES string of the molecule is N[C@H]1CC[C@H](Nc2nc(NC3CCN(C(=O)COCc4ccccc4)CC3)c3ncn(C4CCCC4)c3n2)CC1. The number of nitrogens with one attached hydrogen (secondary N) is 2. The van der Waals surface area contributed by atoms with Crippen LogP contribution >= 0.6 is 0 Å². The third kappa shape index (κ3) is 6.39. The predicted molar refractivity (Wildman–Crippen MR) is 156 cm³/mol. The van der Waals surface area contributed by atoms with E-state index >= 15 is 0 Å². The van der Waals surface area contributed by atoms with Gasteiger partial charge in [0.05, 0.1) is 12.9 Å². The number of benzene rings is 1. The molecule has 214 valence electrons. The van der Waals surface area contributed by atoms with Crippen molar-refractivity contribution in [3.05, 3.63) is 42.2 Å². The van der Waals surface area contributed by atoms with Crippen LogP contribution in [-0.4, -0.2) is 68.1 Å². The molecule has 1 aromatic carbocycles. The maximum Gasteiger partial charge on any atom is 0.248 e. The molecule has 4 N–H and O–H groups in total. The summed E-state index contributed by atoms with van der Waals surface area (Å²) in [5.74, 6) is 1.50. The molecule has 10 heteroatoms. The fourth-order valence-electron chi connectivity index (χ4n) is 6.37.